The van der Waals surface area contributed by atoms with E-state index in [1.165, 1.54) is 10.4 Å². The number of hydrogen-bond acceptors (Lipinski definition) is 5. The van der Waals surface area contributed by atoms with Crippen LogP contribution in [0.1, 0.15) is 34.6 Å². The average molecular weight is 390 g/mol. The number of carbonyl (C=O) groups excluding carboxylic acids is 1. The Morgan fingerprint density at radius 3 is 2.69 bits per heavy atom. The third-order valence-electron chi connectivity index (χ3n) is 4.65. The van der Waals surface area contributed by atoms with Gasteiger partial charge in [-0.3, -0.25) is 4.79 Å². The largest absolute Gasteiger partial charge is 0.273 e. The predicted molar refractivity (Wildman–Crippen MR) is 101 cm³/mol. The third kappa shape index (κ3) is 3.58. The Labute approximate surface area is 156 Å². The van der Waals surface area contributed by atoms with Crippen molar-refractivity contribution in [1.82, 2.24) is 10.1 Å². The lowest BCUT2D eigenvalue weighted by Gasteiger charge is -2.23. The summed E-state index contributed by atoms with van der Waals surface area (Å²) in [6, 6.07) is 10.5. The highest BCUT2D eigenvalue weighted by Gasteiger charge is 2.27. The van der Waals surface area contributed by atoms with Gasteiger partial charge < -0.3 is 0 Å². The molecule has 8 heteroatoms. The standard InChI is InChI=1S/C18H19N3O3S2/c22-18-9-7-15(19-20-18)17-11-12-10-13(6-8-16(12)25-17)21-26(23,24)14-4-2-1-3-5-14/h1-5,11,13,21H,6-10H2,(H,20,22). The maximum absolute atomic E-state index is 12.5. The minimum Gasteiger partial charge on any atom is -0.273 e. The second kappa shape index (κ2) is 6.94. The Morgan fingerprint density at radius 2 is 1.96 bits per heavy atom. The first kappa shape index (κ1) is 17.4. The monoisotopic (exact) mass is 389 g/mol. The summed E-state index contributed by atoms with van der Waals surface area (Å²) in [4.78, 5) is 13.9. The first-order valence-electron chi connectivity index (χ1n) is 8.56. The lowest BCUT2D eigenvalue weighted by atomic mass is 9.94. The van der Waals surface area contributed by atoms with Crippen LogP contribution in [0.15, 0.2) is 46.4 Å². The molecule has 6 nitrogen and oxygen atoms in total. The molecule has 2 aromatic rings. The molecule has 136 valence electrons. The van der Waals surface area contributed by atoms with Crippen LogP contribution >= 0.6 is 11.3 Å². The molecule has 0 saturated carbocycles. The van der Waals surface area contributed by atoms with Crippen LogP contribution < -0.4 is 10.1 Å². The molecule has 2 heterocycles. The zero-order chi connectivity index (χ0) is 18.1. The first-order valence-corrected chi connectivity index (χ1v) is 10.9. The normalized spacial score (nSPS) is 20.2. The fourth-order valence-corrected chi connectivity index (χ4v) is 5.82. The number of nitrogens with zero attached hydrogens (tertiary/aromatic N) is 1. The van der Waals surface area contributed by atoms with Gasteiger partial charge in [0.2, 0.25) is 15.9 Å². The van der Waals surface area contributed by atoms with Crippen LogP contribution in [-0.2, 0) is 27.7 Å². The number of benzene rings is 1. The van der Waals surface area contributed by atoms with Gasteiger partial charge in [-0.05, 0) is 43.0 Å². The van der Waals surface area contributed by atoms with E-state index in [9.17, 15) is 13.2 Å². The highest BCUT2D eigenvalue weighted by molar-refractivity contribution is 7.89. The second-order valence-electron chi connectivity index (χ2n) is 6.53. The van der Waals surface area contributed by atoms with Gasteiger partial charge in [0.05, 0.1) is 15.5 Å². The summed E-state index contributed by atoms with van der Waals surface area (Å²) in [6.45, 7) is 0. The molecule has 26 heavy (non-hydrogen) atoms. The minimum absolute atomic E-state index is 0.0505. The van der Waals surface area contributed by atoms with E-state index in [0.29, 0.717) is 24.2 Å². The Morgan fingerprint density at radius 1 is 1.15 bits per heavy atom. The topological polar surface area (TPSA) is 87.6 Å². The smallest absolute Gasteiger partial charge is 0.240 e. The molecule has 1 aliphatic carbocycles. The van der Waals surface area contributed by atoms with Crippen molar-refractivity contribution in [2.75, 3.05) is 0 Å². The number of hydrazone groups is 1. The Kier molecular flexibility index (Phi) is 4.64. The summed E-state index contributed by atoms with van der Waals surface area (Å²) in [5, 5.41) is 4.16. The highest BCUT2D eigenvalue weighted by Crippen LogP contribution is 2.31. The average Bonchev–Trinajstić information content (AvgIpc) is 3.06. The van der Waals surface area contributed by atoms with E-state index in [1.807, 2.05) is 0 Å². The van der Waals surface area contributed by atoms with Crippen LogP contribution in [0.4, 0.5) is 0 Å². The quantitative estimate of drug-likeness (QED) is 0.840. The zero-order valence-electron chi connectivity index (χ0n) is 14.1. The van der Waals surface area contributed by atoms with Crippen LogP contribution in [-0.4, -0.2) is 26.1 Å². The van der Waals surface area contributed by atoms with Gasteiger partial charge in [-0.15, -0.1) is 11.3 Å². The molecule has 1 aromatic heterocycles. The number of carbonyl (C=O) groups is 1. The van der Waals surface area contributed by atoms with Crippen LogP contribution in [0.25, 0.3) is 0 Å². The second-order valence-corrected chi connectivity index (χ2v) is 9.38. The summed E-state index contributed by atoms with van der Waals surface area (Å²) < 4.78 is 27.9. The lowest BCUT2D eigenvalue weighted by molar-refractivity contribution is -0.121. The van der Waals surface area contributed by atoms with E-state index in [1.54, 1.807) is 41.7 Å². The van der Waals surface area contributed by atoms with E-state index < -0.39 is 10.0 Å². The van der Waals surface area contributed by atoms with Crippen LogP contribution in [0.2, 0.25) is 0 Å². The van der Waals surface area contributed by atoms with Gasteiger partial charge in [0.1, 0.15) is 0 Å². The third-order valence-corrected chi connectivity index (χ3v) is 7.47. The molecule has 1 unspecified atom stereocenters. The highest BCUT2D eigenvalue weighted by atomic mass is 32.2. The predicted octanol–water partition coefficient (Wildman–Crippen LogP) is 2.20. The van der Waals surface area contributed by atoms with Gasteiger partial charge in [-0.25, -0.2) is 18.6 Å². The van der Waals surface area contributed by atoms with Crippen molar-refractivity contribution in [1.29, 1.82) is 0 Å². The molecule has 0 bridgehead atoms. The summed E-state index contributed by atoms with van der Waals surface area (Å²) in [5.41, 5.74) is 4.62. The molecule has 0 radical (unpaired) electrons. The maximum Gasteiger partial charge on any atom is 0.240 e. The van der Waals surface area contributed by atoms with E-state index in [4.69, 9.17) is 0 Å². The Hall–Kier alpha value is -2.03. The molecular formula is C18H19N3O3S2. The van der Waals surface area contributed by atoms with Crippen LogP contribution in [0.5, 0.6) is 0 Å². The number of thiophene rings is 1. The van der Waals surface area contributed by atoms with E-state index in [-0.39, 0.29) is 11.9 Å². The van der Waals surface area contributed by atoms with Crippen LogP contribution in [0.3, 0.4) is 0 Å². The maximum atomic E-state index is 12.5. The molecule has 2 N–H and O–H groups in total. The fraction of sp³-hybridized carbons (Fsp3) is 0.333. The van der Waals surface area contributed by atoms with Crippen molar-refractivity contribution in [2.45, 2.75) is 43.0 Å². The summed E-state index contributed by atoms with van der Waals surface area (Å²) in [6.07, 6.45) is 3.41. The number of sulfonamides is 1. The van der Waals surface area contributed by atoms with Gasteiger partial charge in [0, 0.05) is 23.8 Å². The number of hydrogen-bond donors (Lipinski definition) is 2. The first-order chi connectivity index (χ1) is 12.5. The number of aryl methyl sites for hydroxylation is 1. The molecule has 0 spiro atoms. The summed E-state index contributed by atoms with van der Waals surface area (Å²) >= 11 is 1.70. The SMILES string of the molecule is O=C1CCC(c2cc3c(s2)CCC(NS(=O)(=O)c2ccccc2)C3)=NN1. The lowest BCUT2D eigenvalue weighted by Crippen LogP contribution is -2.38. The van der Waals surface area contributed by atoms with E-state index in [0.717, 1.165) is 23.4 Å². The molecule has 0 saturated heterocycles. The van der Waals surface area contributed by atoms with Crippen molar-refractivity contribution in [3.63, 3.8) is 0 Å². The van der Waals surface area contributed by atoms with Gasteiger partial charge in [-0.2, -0.15) is 5.10 Å². The number of amides is 1. The number of rotatable bonds is 4. The Bertz CT molecular complexity index is 965. The van der Waals surface area contributed by atoms with Crippen molar-refractivity contribution in [3.05, 3.63) is 51.7 Å². The zero-order valence-corrected chi connectivity index (χ0v) is 15.7. The van der Waals surface area contributed by atoms with Gasteiger partial charge in [0.25, 0.3) is 0 Å². The molecule has 1 aromatic carbocycles. The number of nitrogens with one attached hydrogen (secondary N) is 2. The Balaban J connectivity index is 1.49. The van der Waals surface area contributed by atoms with Crippen LogP contribution in [0, 0.1) is 0 Å². The van der Waals surface area contributed by atoms with Crippen molar-refractivity contribution < 1.29 is 13.2 Å². The number of fused-ring (bicyclic) bond motifs is 1. The fourth-order valence-electron chi connectivity index (χ4n) is 3.31. The molecule has 4 rings (SSSR count). The van der Waals surface area contributed by atoms with Gasteiger partial charge in [-0.1, -0.05) is 18.2 Å². The van der Waals surface area contributed by atoms with Gasteiger partial charge >= 0.3 is 0 Å². The molecule has 2 aliphatic rings. The van der Waals surface area contributed by atoms with Crippen molar-refractivity contribution in [2.24, 2.45) is 5.10 Å². The van der Waals surface area contributed by atoms with E-state index in [2.05, 4.69) is 21.3 Å². The van der Waals surface area contributed by atoms with Crippen molar-refractivity contribution >= 4 is 33.0 Å². The molecule has 0 fully saturated rings. The van der Waals surface area contributed by atoms with Gasteiger partial charge in [0.15, 0.2) is 0 Å². The molecule has 1 atom stereocenters. The molecule has 1 aliphatic heterocycles. The molecule has 1 amide bonds. The summed E-state index contributed by atoms with van der Waals surface area (Å²) in [5.74, 6) is -0.0505. The van der Waals surface area contributed by atoms with E-state index >= 15 is 0 Å². The van der Waals surface area contributed by atoms with Crippen molar-refractivity contribution in [3.8, 4) is 0 Å². The summed E-state index contributed by atoms with van der Waals surface area (Å²) in [7, 11) is -3.50. The molecular weight excluding hydrogens is 370 g/mol. The minimum atomic E-state index is -3.50.